The zero-order chi connectivity index (χ0) is 13.7. The lowest BCUT2D eigenvalue weighted by molar-refractivity contribution is 0.0291. The second-order valence-electron chi connectivity index (χ2n) is 5.88. The van der Waals surface area contributed by atoms with Crippen LogP contribution in [0.2, 0.25) is 0 Å². The van der Waals surface area contributed by atoms with Crippen LogP contribution in [0.4, 0.5) is 0 Å². The van der Waals surface area contributed by atoms with Gasteiger partial charge in [0.1, 0.15) is 0 Å². The summed E-state index contributed by atoms with van der Waals surface area (Å²) in [5, 5.41) is 9.90. The lowest BCUT2D eigenvalue weighted by Gasteiger charge is -2.25. The average Bonchev–Trinajstić information content (AvgIpc) is 2.08. The molecule has 0 bridgehead atoms. The van der Waals surface area contributed by atoms with Crippen LogP contribution in [-0.2, 0) is 14.8 Å². The normalized spacial score (nSPS) is 16.8. The molecule has 17 heavy (non-hydrogen) atoms. The maximum atomic E-state index is 11.7. The molecule has 0 aliphatic carbocycles. The van der Waals surface area contributed by atoms with Crippen molar-refractivity contribution in [2.45, 2.75) is 39.7 Å². The van der Waals surface area contributed by atoms with Gasteiger partial charge in [-0.3, -0.25) is 0 Å². The van der Waals surface area contributed by atoms with E-state index >= 15 is 0 Å². The molecule has 2 N–H and O–H groups in total. The Morgan fingerprint density at radius 1 is 1.24 bits per heavy atom. The zero-order valence-electron chi connectivity index (χ0n) is 11.4. The summed E-state index contributed by atoms with van der Waals surface area (Å²) in [5.74, 6) is 0.0420. The Morgan fingerprint density at radius 3 is 2.18 bits per heavy atom. The van der Waals surface area contributed by atoms with Gasteiger partial charge in [0.2, 0.25) is 10.0 Å². The van der Waals surface area contributed by atoms with Crippen molar-refractivity contribution < 1.29 is 18.3 Å². The minimum Gasteiger partial charge on any atom is -0.389 e. The zero-order valence-corrected chi connectivity index (χ0v) is 12.2. The minimum atomic E-state index is -3.35. The summed E-state index contributed by atoms with van der Waals surface area (Å²) in [7, 11) is -1.81. The molecule has 0 spiro atoms. The van der Waals surface area contributed by atoms with E-state index < -0.39 is 15.6 Å². The van der Waals surface area contributed by atoms with Crippen LogP contribution in [-0.4, -0.2) is 45.1 Å². The molecule has 0 saturated heterocycles. The molecule has 0 aliphatic rings. The molecule has 0 radical (unpaired) electrons. The van der Waals surface area contributed by atoms with Gasteiger partial charge in [0.25, 0.3) is 0 Å². The highest BCUT2D eigenvalue weighted by Gasteiger charge is 2.26. The Morgan fingerprint density at radius 2 is 1.76 bits per heavy atom. The molecule has 0 aromatic heterocycles. The monoisotopic (exact) mass is 267 g/mol. The molecule has 0 rings (SSSR count). The van der Waals surface area contributed by atoms with Gasteiger partial charge in [-0.1, -0.05) is 20.8 Å². The summed E-state index contributed by atoms with van der Waals surface area (Å²) >= 11 is 0. The van der Waals surface area contributed by atoms with Crippen LogP contribution in [0.3, 0.4) is 0 Å². The summed E-state index contributed by atoms with van der Waals surface area (Å²) in [6.45, 7) is 7.56. The number of hydrogen-bond donors (Lipinski definition) is 2. The molecule has 1 unspecified atom stereocenters. The smallest absolute Gasteiger partial charge is 0.212 e. The summed E-state index contributed by atoms with van der Waals surface area (Å²) in [6, 6.07) is 0. The summed E-state index contributed by atoms with van der Waals surface area (Å²) in [5.41, 5.74) is -1.38. The lowest BCUT2D eigenvalue weighted by atomic mass is 10.0. The van der Waals surface area contributed by atoms with Gasteiger partial charge >= 0.3 is 0 Å². The van der Waals surface area contributed by atoms with Crippen LogP contribution < -0.4 is 4.72 Å². The first-order valence-electron chi connectivity index (χ1n) is 5.66. The van der Waals surface area contributed by atoms with E-state index in [1.807, 2.05) is 20.8 Å². The number of nitrogens with one attached hydrogen (secondary N) is 1. The Hall–Kier alpha value is -0.170. The fourth-order valence-corrected chi connectivity index (χ4v) is 3.07. The fraction of sp³-hybridized carbons (Fsp3) is 1.00. The largest absolute Gasteiger partial charge is 0.389 e. The number of rotatable bonds is 7. The second-order valence-corrected chi connectivity index (χ2v) is 7.69. The highest BCUT2D eigenvalue weighted by Crippen LogP contribution is 2.16. The maximum absolute atomic E-state index is 11.7. The van der Waals surface area contributed by atoms with Crippen molar-refractivity contribution in [2.75, 3.05) is 26.0 Å². The Kier molecular flexibility index (Phi) is 6.07. The Balaban J connectivity index is 4.27. The average molecular weight is 267 g/mol. The van der Waals surface area contributed by atoms with Crippen LogP contribution in [0.1, 0.15) is 34.1 Å². The van der Waals surface area contributed by atoms with Gasteiger partial charge in [0.15, 0.2) is 0 Å². The molecule has 0 amide bonds. The topological polar surface area (TPSA) is 75.6 Å². The van der Waals surface area contributed by atoms with Crippen molar-refractivity contribution in [1.82, 2.24) is 4.72 Å². The third-order valence-corrected chi connectivity index (χ3v) is 3.97. The van der Waals surface area contributed by atoms with E-state index in [-0.39, 0.29) is 17.7 Å². The fourth-order valence-electron chi connectivity index (χ4n) is 1.30. The van der Waals surface area contributed by atoms with Crippen molar-refractivity contribution in [3.05, 3.63) is 0 Å². The summed E-state index contributed by atoms with van der Waals surface area (Å²) in [4.78, 5) is 0. The second kappa shape index (κ2) is 6.13. The molecule has 0 aromatic rings. The third kappa shape index (κ3) is 9.52. The molecule has 1 atom stereocenters. The number of ether oxygens (including phenoxy) is 1. The molecule has 0 heterocycles. The van der Waals surface area contributed by atoms with Gasteiger partial charge in [-0.05, 0) is 12.3 Å². The van der Waals surface area contributed by atoms with Crippen molar-refractivity contribution in [3.63, 3.8) is 0 Å². The predicted molar refractivity (Wildman–Crippen MR) is 68.4 cm³/mol. The Labute approximate surface area is 105 Å². The number of hydrogen-bond acceptors (Lipinski definition) is 4. The van der Waals surface area contributed by atoms with E-state index in [0.717, 1.165) is 0 Å². The lowest BCUT2D eigenvalue weighted by Crippen LogP contribution is -2.43. The van der Waals surface area contributed by atoms with Crippen molar-refractivity contribution in [3.8, 4) is 0 Å². The van der Waals surface area contributed by atoms with E-state index in [9.17, 15) is 13.5 Å². The van der Waals surface area contributed by atoms with E-state index in [1.54, 1.807) is 14.0 Å². The van der Waals surface area contributed by atoms with Gasteiger partial charge in [0.05, 0.1) is 11.4 Å². The van der Waals surface area contributed by atoms with Gasteiger partial charge < -0.3 is 9.84 Å². The third-order valence-electron chi connectivity index (χ3n) is 2.14. The van der Waals surface area contributed by atoms with Crippen molar-refractivity contribution in [1.29, 1.82) is 0 Å². The molecule has 0 fully saturated rings. The summed E-state index contributed by atoms with van der Waals surface area (Å²) in [6.07, 6.45) is 0.390. The SMILES string of the molecule is COCCC(C)(O)CNS(=O)(=O)CC(C)(C)C. The number of aliphatic hydroxyl groups is 1. The van der Waals surface area contributed by atoms with Gasteiger partial charge in [-0.15, -0.1) is 0 Å². The molecule has 0 saturated carbocycles. The van der Waals surface area contributed by atoms with Crippen LogP contribution in [0.15, 0.2) is 0 Å². The molecule has 0 aromatic carbocycles. The van der Waals surface area contributed by atoms with Crippen molar-refractivity contribution in [2.24, 2.45) is 5.41 Å². The van der Waals surface area contributed by atoms with Crippen LogP contribution in [0.5, 0.6) is 0 Å². The highest BCUT2D eigenvalue weighted by atomic mass is 32.2. The molecular weight excluding hydrogens is 242 g/mol. The predicted octanol–water partition coefficient (Wildman–Crippen LogP) is 0.739. The number of methoxy groups -OCH3 is 1. The van der Waals surface area contributed by atoms with E-state index in [4.69, 9.17) is 4.74 Å². The van der Waals surface area contributed by atoms with Gasteiger partial charge in [0, 0.05) is 26.7 Å². The van der Waals surface area contributed by atoms with E-state index in [1.165, 1.54) is 0 Å². The first-order chi connectivity index (χ1) is 7.47. The van der Waals surface area contributed by atoms with E-state index in [2.05, 4.69) is 4.72 Å². The molecule has 6 heteroatoms. The van der Waals surface area contributed by atoms with Crippen LogP contribution in [0.25, 0.3) is 0 Å². The first-order valence-corrected chi connectivity index (χ1v) is 7.31. The maximum Gasteiger partial charge on any atom is 0.212 e. The van der Waals surface area contributed by atoms with E-state index in [0.29, 0.717) is 13.0 Å². The number of sulfonamides is 1. The van der Waals surface area contributed by atoms with Gasteiger partial charge in [-0.2, -0.15) is 0 Å². The standard InChI is InChI=1S/C11H25NO4S/c1-10(2,3)9-17(14,15)12-8-11(4,13)6-7-16-5/h12-13H,6-9H2,1-5H3. The van der Waals surface area contributed by atoms with Crippen molar-refractivity contribution >= 4 is 10.0 Å². The van der Waals surface area contributed by atoms with Crippen LogP contribution in [0, 0.1) is 5.41 Å². The van der Waals surface area contributed by atoms with Gasteiger partial charge in [-0.25, -0.2) is 13.1 Å². The molecular formula is C11H25NO4S. The van der Waals surface area contributed by atoms with Crippen LogP contribution >= 0.6 is 0 Å². The first kappa shape index (κ1) is 16.8. The Bertz CT molecular complexity index is 317. The quantitative estimate of drug-likeness (QED) is 0.713. The molecule has 5 nitrogen and oxygen atoms in total. The highest BCUT2D eigenvalue weighted by molar-refractivity contribution is 7.89. The summed E-state index contributed by atoms with van der Waals surface area (Å²) < 4.78 is 30.7. The molecule has 0 aliphatic heterocycles. The minimum absolute atomic E-state index is 0.00870. The molecule has 104 valence electrons.